The van der Waals surface area contributed by atoms with Gasteiger partial charge in [-0.15, -0.1) is 11.3 Å². The van der Waals surface area contributed by atoms with Crippen molar-refractivity contribution in [1.82, 2.24) is 9.62 Å². The molecule has 28 heavy (non-hydrogen) atoms. The van der Waals surface area contributed by atoms with Crippen molar-refractivity contribution in [1.29, 1.82) is 0 Å². The zero-order chi connectivity index (χ0) is 19.7. The van der Waals surface area contributed by atoms with E-state index in [-0.39, 0.29) is 6.04 Å². The minimum absolute atomic E-state index is 0.0825. The quantitative estimate of drug-likeness (QED) is 0.747. The number of hydrogen-bond donors (Lipinski definition) is 1. The second-order valence-electron chi connectivity index (χ2n) is 7.74. The Morgan fingerprint density at radius 2 is 1.93 bits per heavy atom. The molecular formula is C21H29N3O2S2. The molecule has 2 aromatic rings. The topological polar surface area (TPSA) is 52.7 Å². The lowest BCUT2D eigenvalue weighted by atomic mass is 10.0. The summed E-state index contributed by atoms with van der Waals surface area (Å²) in [6.07, 6.45) is 4.29. The fourth-order valence-electron chi connectivity index (χ4n) is 4.26. The standard InChI is InChI=1S/C21H29N3O2S2/c1-3-18-7-9-21(27-18)28(25,26)22-15-20(24-11-4-5-12-24)16-6-8-19-17(14-16)10-13-23(19)2/h6-9,14,20,22H,3-5,10-13,15H2,1-2H3. The first-order valence-electron chi connectivity index (χ1n) is 10.1. The minimum Gasteiger partial charge on any atom is -0.374 e. The van der Waals surface area contributed by atoms with E-state index >= 15 is 0 Å². The number of likely N-dealkylation sites (tertiary alicyclic amines) is 1. The van der Waals surface area contributed by atoms with Gasteiger partial charge in [0.25, 0.3) is 0 Å². The highest BCUT2D eigenvalue weighted by molar-refractivity contribution is 7.91. The molecule has 1 atom stereocenters. The molecule has 0 amide bonds. The Hall–Kier alpha value is -1.41. The van der Waals surface area contributed by atoms with Crippen LogP contribution in [0, 0.1) is 0 Å². The Morgan fingerprint density at radius 1 is 1.14 bits per heavy atom. The molecule has 0 saturated carbocycles. The van der Waals surface area contributed by atoms with Crippen molar-refractivity contribution < 1.29 is 8.42 Å². The lowest BCUT2D eigenvalue weighted by Gasteiger charge is -2.28. The van der Waals surface area contributed by atoms with Gasteiger partial charge in [0.2, 0.25) is 10.0 Å². The zero-order valence-electron chi connectivity index (χ0n) is 16.6. The maximum absolute atomic E-state index is 12.8. The fourth-order valence-corrected chi connectivity index (χ4v) is 6.64. The van der Waals surface area contributed by atoms with Crippen molar-refractivity contribution in [3.8, 4) is 0 Å². The van der Waals surface area contributed by atoms with Crippen LogP contribution in [0.5, 0.6) is 0 Å². The number of nitrogens with one attached hydrogen (secondary N) is 1. The highest BCUT2D eigenvalue weighted by Crippen LogP contribution is 2.32. The number of benzene rings is 1. The molecule has 4 rings (SSSR count). The molecule has 2 aliphatic heterocycles. The van der Waals surface area contributed by atoms with Crippen LogP contribution >= 0.6 is 11.3 Å². The van der Waals surface area contributed by atoms with Crippen LogP contribution in [0.1, 0.15) is 41.8 Å². The van der Waals surface area contributed by atoms with E-state index in [2.05, 4.69) is 39.8 Å². The zero-order valence-corrected chi connectivity index (χ0v) is 18.3. The van der Waals surface area contributed by atoms with Gasteiger partial charge in [0, 0.05) is 36.7 Å². The van der Waals surface area contributed by atoms with Crippen LogP contribution in [0.2, 0.25) is 0 Å². The molecule has 152 valence electrons. The number of hydrogen-bond acceptors (Lipinski definition) is 5. The summed E-state index contributed by atoms with van der Waals surface area (Å²) in [5.41, 5.74) is 3.90. The fraction of sp³-hybridized carbons (Fsp3) is 0.524. The normalized spacial score (nSPS) is 18.6. The molecule has 0 spiro atoms. The number of likely N-dealkylation sites (N-methyl/N-ethyl adjacent to an activating group) is 1. The summed E-state index contributed by atoms with van der Waals surface area (Å²) in [4.78, 5) is 5.81. The molecule has 7 heteroatoms. The molecule has 1 N–H and O–H groups in total. The summed E-state index contributed by atoms with van der Waals surface area (Å²) in [7, 11) is -1.34. The number of aryl methyl sites for hydroxylation is 1. The van der Waals surface area contributed by atoms with Crippen LogP contribution in [0.3, 0.4) is 0 Å². The highest BCUT2D eigenvalue weighted by Gasteiger charge is 2.27. The summed E-state index contributed by atoms with van der Waals surface area (Å²) in [5.74, 6) is 0. The second kappa shape index (κ2) is 8.14. The van der Waals surface area contributed by atoms with Crippen LogP contribution in [-0.4, -0.2) is 46.5 Å². The summed E-state index contributed by atoms with van der Waals surface area (Å²) in [6.45, 7) is 5.57. The SMILES string of the molecule is CCc1ccc(S(=O)(=O)NCC(c2ccc3c(c2)CCN3C)N2CCCC2)s1. The Bertz CT molecular complexity index is 933. The van der Waals surface area contributed by atoms with Crippen LogP contribution in [-0.2, 0) is 22.9 Å². The largest absolute Gasteiger partial charge is 0.374 e. The highest BCUT2D eigenvalue weighted by atomic mass is 32.2. The van der Waals surface area contributed by atoms with E-state index < -0.39 is 10.0 Å². The summed E-state index contributed by atoms with van der Waals surface area (Å²) < 4.78 is 28.9. The van der Waals surface area contributed by atoms with Gasteiger partial charge < -0.3 is 4.90 Å². The number of fused-ring (bicyclic) bond motifs is 1. The molecule has 5 nitrogen and oxygen atoms in total. The molecule has 0 aliphatic carbocycles. The molecule has 1 aromatic heterocycles. The van der Waals surface area contributed by atoms with E-state index in [1.807, 2.05) is 13.0 Å². The molecule has 0 radical (unpaired) electrons. The first kappa shape index (κ1) is 19.9. The second-order valence-corrected chi connectivity index (χ2v) is 10.9. The molecule has 1 fully saturated rings. The summed E-state index contributed by atoms with van der Waals surface area (Å²) in [6, 6.07) is 10.4. The van der Waals surface area contributed by atoms with Crippen molar-refractivity contribution >= 4 is 27.0 Å². The third kappa shape index (κ3) is 3.99. The lowest BCUT2D eigenvalue weighted by molar-refractivity contribution is 0.246. The van der Waals surface area contributed by atoms with E-state index in [1.165, 1.54) is 41.0 Å². The number of anilines is 1. The Labute approximate surface area is 172 Å². The third-order valence-electron chi connectivity index (χ3n) is 5.91. The summed E-state index contributed by atoms with van der Waals surface area (Å²) >= 11 is 1.37. The van der Waals surface area contributed by atoms with E-state index in [0.29, 0.717) is 10.8 Å². The van der Waals surface area contributed by atoms with Crippen LogP contribution in [0.25, 0.3) is 0 Å². The van der Waals surface area contributed by atoms with Gasteiger partial charge in [-0.3, -0.25) is 4.90 Å². The average Bonchev–Trinajstić information content (AvgIpc) is 3.43. The average molecular weight is 420 g/mol. The van der Waals surface area contributed by atoms with Gasteiger partial charge in [-0.05, 0) is 68.1 Å². The maximum Gasteiger partial charge on any atom is 0.250 e. The van der Waals surface area contributed by atoms with Gasteiger partial charge in [-0.1, -0.05) is 19.1 Å². The first-order chi connectivity index (χ1) is 13.5. The maximum atomic E-state index is 12.8. The number of nitrogens with zero attached hydrogens (tertiary/aromatic N) is 2. The van der Waals surface area contributed by atoms with Crippen LogP contribution < -0.4 is 9.62 Å². The molecule has 1 unspecified atom stereocenters. The summed E-state index contributed by atoms with van der Waals surface area (Å²) in [5, 5.41) is 0. The third-order valence-corrected chi connectivity index (χ3v) is 9.06. The van der Waals surface area contributed by atoms with Gasteiger partial charge >= 0.3 is 0 Å². The van der Waals surface area contributed by atoms with E-state index in [9.17, 15) is 8.42 Å². The Kier molecular flexibility index (Phi) is 5.78. The van der Waals surface area contributed by atoms with Crippen molar-refractivity contribution in [2.45, 2.75) is 42.9 Å². The lowest BCUT2D eigenvalue weighted by Crippen LogP contribution is -2.36. The van der Waals surface area contributed by atoms with Gasteiger partial charge in [0.15, 0.2) is 0 Å². The predicted octanol–water partition coefficient (Wildman–Crippen LogP) is 3.42. The molecule has 2 aliphatic rings. The first-order valence-corrected chi connectivity index (χ1v) is 12.4. The number of rotatable bonds is 7. The van der Waals surface area contributed by atoms with Crippen LogP contribution in [0.15, 0.2) is 34.5 Å². The van der Waals surface area contributed by atoms with Crippen molar-refractivity contribution in [3.63, 3.8) is 0 Å². The van der Waals surface area contributed by atoms with Gasteiger partial charge in [-0.2, -0.15) is 0 Å². The number of thiophene rings is 1. The molecule has 1 aromatic carbocycles. The molecule has 1 saturated heterocycles. The van der Waals surface area contributed by atoms with E-state index in [0.717, 1.165) is 37.4 Å². The predicted molar refractivity (Wildman–Crippen MR) is 116 cm³/mol. The Balaban J connectivity index is 1.55. The smallest absolute Gasteiger partial charge is 0.250 e. The Morgan fingerprint density at radius 3 is 2.64 bits per heavy atom. The van der Waals surface area contributed by atoms with Gasteiger partial charge in [-0.25, -0.2) is 13.1 Å². The monoisotopic (exact) mass is 419 g/mol. The molecule has 3 heterocycles. The van der Waals surface area contributed by atoms with E-state index in [1.54, 1.807) is 6.07 Å². The molecular weight excluding hydrogens is 390 g/mol. The van der Waals surface area contributed by atoms with Crippen molar-refractivity contribution in [2.24, 2.45) is 0 Å². The van der Waals surface area contributed by atoms with Crippen LogP contribution in [0.4, 0.5) is 5.69 Å². The van der Waals surface area contributed by atoms with Crippen molar-refractivity contribution in [3.05, 3.63) is 46.3 Å². The number of sulfonamides is 1. The van der Waals surface area contributed by atoms with Gasteiger partial charge in [0.05, 0.1) is 0 Å². The van der Waals surface area contributed by atoms with Crippen molar-refractivity contribution in [2.75, 3.05) is 38.1 Å². The molecule has 0 bridgehead atoms. The minimum atomic E-state index is -3.47. The van der Waals surface area contributed by atoms with Gasteiger partial charge in [0.1, 0.15) is 4.21 Å². The van der Waals surface area contributed by atoms with E-state index in [4.69, 9.17) is 0 Å².